The van der Waals surface area contributed by atoms with Gasteiger partial charge in [-0.3, -0.25) is 4.79 Å². The van der Waals surface area contributed by atoms with Crippen molar-refractivity contribution in [3.63, 3.8) is 0 Å². The maximum absolute atomic E-state index is 12.4. The molecule has 2 aromatic carbocycles. The topological polar surface area (TPSA) is 56.8 Å². The summed E-state index contributed by atoms with van der Waals surface area (Å²) >= 11 is 0. The van der Waals surface area contributed by atoms with E-state index in [9.17, 15) is 4.79 Å². The van der Waals surface area contributed by atoms with E-state index in [-0.39, 0.29) is 5.91 Å². The summed E-state index contributed by atoms with van der Waals surface area (Å²) in [5.74, 6) is 1.96. The lowest BCUT2D eigenvalue weighted by Gasteiger charge is -2.19. The van der Waals surface area contributed by atoms with Crippen LogP contribution in [0.2, 0.25) is 0 Å². The SMILES string of the molecule is CCC(Oc1ccccc1OC)C(=O)NCCCc1ccccc1OC. The van der Waals surface area contributed by atoms with Crippen LogP contribution in [0.5, 0.6) is 17.2 Å². The normalized spacial score (nSPS) is 11.5. The Morgan fingerprint density at radius 1 is 0.962 bits per heavy atom. The molecule has 0 spiro atoms. The first-order chi connectivity index (χ1) is 12.7. The maximum atomic E-state index is 12.4. The van der Waals surface area contributed by atoms with Gasteiger partial charge in [-0.25, -0.2) is 0 Å². The van der Waals surface area contributed by atoms with Gasteiger partial charge in [-0.05, 0) is 43.0 Å². The Bertz CT molecular complexity index is 702. The number of hydrogen-bond donors (Lipinski definition) is 1. The molecule has 1 amide bonds. The molecule has 1 atom stereocenters. The number of nitrogens with one attached hydrogen (secondary N) is 1. The number of carbonyl (C=O) groups excluding carboxylic acids is 1. The zero-order valence-corrected chi connectivity index (χ0v) is 15.7. The first-order valence-corrected chi connectivity index (χ1v) is 8.88. The first kappa shape index (κ1) is 19.6. The number of ether oxygens (including phenoxy) is 3. The van der Waals surface area contributed by atoms with E-state index in [2.05, 4.69) is 5.32 Å². The highest BCUT2D eigenvalue weighted by atomic mass is 16.5. The van der Waals surface area contributed by atoms with Crippen molar-refractivity contribution in [3.8, 4) is 17.2 Å². The molecule has 0 bridgehead atoms. The average Bonchev–Trinajstić information content (AvgIpc) is 2.69. The second-order valence-corrected chi connectivity index (χ2v) is 5.87. The molecular formula is C21H27NO4. The fourth-order valence-electron chi connectivity index (χ4n) is 2.71. The molecule has 0 heterocycles. The summed E-state index contributed by atoms with van der Waals surface area (Å²) in [6.07, 6.45) is 1.71. The lowest BCUT2D eigenvalue weighted by molar-refractivity contribution is -0.128. The summed E-state index contributed by atoms with van der Waals surface area (Å²) in [7, 11) is 3.25. The van der Waals surface area contributed by atoms with Crippen molar-refractivity contribution in [3.05, 3.63) is 54.1 Å². The second-order valence-electron chi connectivity index (χ2n) is 5.87. The zero-order chi connectivity index (χ0) is 18.8. The molecule has 0 fully saturated rings. The van der Waals surface area contributed by atoms with Gasteiger partial charge >= 0.3 is 0 Å². The largest absolute Gasteiger partial charge is 0.496 e. The molecular weight excluding hydrogens is 330 g/mol. The Morgan fingerprint density at radius 2 is 1.58 bits per heavy atom. The molecule has 0 aliphatic carbocycles. The van der Waals surface area contributed by atoms with E-state index in [0.29, 0.717) is 24.5 Å². The van der Waals surface area contributed by atoms with Crippen molar-refractivity contribution >= 4 is 5.91 Å². The van der Waals surface area contributed by atoms with E-state index in [1.807, 2.05) is 49.4 Å². The fraction of sp³-hybridized carbons (Fsp3) is 0.381. The Morgan fingerprint density at radius 3 is 2.23 bits per heavy atom. The van der Waals surface area contributed by atoms with E-state index < -0.39 is 6.10 Å². The Labute approximate surface area is 155 Å². The van der Waals surface area contributed by atoms with Crippen LogP contribution >= 0.6 is 0 Å². The minimum absolute atomic E-state index is 0.113. The lowest BCUT2D eigenvalue weighted by atomic mass is 10.1. The number of methoxy groups -OCH3 is 2. The molecule has 0 aliphatic heterocycles. The highest BCUT2D eigenvalue weighted by Crippen LogP contribution is 2.27. The standard InChI is InChI=1S/C21H27NO4/c1-4-17(26-20-14-8-7-13-19(20)25-3)21(23)22-15-9-11-16-10-5-6-12-18(16)24-2/h5-8,10,12-14,17H,4,9,11,15H2,1-3H3,(H,22,23). The van der Waals surface area contributed by atoms with Crippen LogP contribution in [0.4, 0.5) is 0 Å². The predicted octanol–water partition coefficient (Wildman–Crippen LogP) is 3.61. The van der Waals surface area contributed by atoms with E-state index in [0.717, 1.165) is 24.2 Å². The van der Waals surface area contributed by atoms with Crippen LogP contribution in [0, 0.1) is 0 Å². The number of carbonyl (C=O) groups is 1. The van der Waals surface area contributed by atoms with Crippen molar-refractivity contribution in [2.75, 3.05) is 20.8 Å². The van der Waals surface area contributed by atoms with Gasteiger partial charge in [-0.15, -0.1) is 0 Å². The maximum Gasteiger partial charge on any atom is 0.261 e. The highest BCUT2D eigenvalue weighted by molar-refractivity contribution is 5.81. The zero-order valence-electron chi connectivity index (χ0n) is 15.7. The summed E-state index contributed by atoms with van der Waals surface area (Å²) in [6.45, 7) is 2.51. The number of benzene rings is 2. The van der Waals surface area contributed by atoms with Gasteiger partial charge in [-0.2, -0.15) is 0 Å². The number of aryl methyl sites for hydroxylation is 1. The van der Waals surface area contributed by atoms with Crippen molar-refractivity contribution in [1.82, 2.24) is 5.32 Å². The van der Waals surface area contributed by atoms with E-state index in [1.165, 1.54) is 0 Å². The summed E-state index contributed by atoms with van der Waals surface area (Å²) in [5.41, 5.74) is 1.14. The smallest absolute Gasteiger partial charge is 0.261 e. The van der Waals surface area contributed by atoms with Gasteiger partial charge in [0.25, 0.3) is 5.91 Å². The van der Waals surface area contributed by atoms with Crippen LogP contribution in [0.15, 0.2) is 48.5 Å². The molecule has 1 unspecified atom stereocenters. The molecule has 140 valence electrons. The highest BCUT2D eigenvalue weighted by Gasteiger charge is 2.19. The third-order valence-electron chi connectivity index (χ3n) is 4.12. The molecule has 1 N–H and O–H groups in total. The van der Waals surface area contributed by atoms with Gasteiger partial charge in [0.05, 0.1) is 14.2 Å². The Kier molecular flexibility index (Phi) is 7.80. The molecule has 0 saturated carbocycles. The van der Waals surface area contributed by atoms with Crippen LogP contribution in [-0.4, -0.2) is 32.8 Å². The number of para-hydroxylation sites is 3. The summed E-state index contributed by atoms with van der Waals surface area (Å²) in [4.78, 5) is 12.4. The minimum atomic E-state index is -0.544. The molecule has 0 radical (unpaired) electrons. The first-order valence-electron chi connectivity index (χ1n) is 8.88. The van der Waals surface area contributed by atoms with E-state index >= 15 is 0 Å². The third kappa shape index (κ3) is 5.41. The van der Waals surface area contributed by atoms with Crippen LogP contribution in [0.1, 0.15) is 25.3 Å². The summed E-state index contributed by atoms with van der Waals surface area (Å²) < 4.78 is 16.5. The molecule has 5 nitrogen and oxygen atoms in total. The van der Waals surface area contributed by atoms with E-state index in [1.54, 1.807) is 20.3 Å². The number of rotatable bonds is 10. The van der Waals surface area contributed by atoms with E-state index in [4.69, 9.17) is 14.2 Å². The van der Waals surface area contributed by atoms with Crippen molar-refractivity contribution in [2.24, 2.45) is 0 Å². The van der Waals surface area contributed by atoms with Gasteiger partial charge in [-0.1, -0.05) is 37.3 Å². The Hall–Kier alpha value is -2.69. The van der Waals surface area contributed by atoms with Crippen LogP contribution in [-0.2, 0) is 11.2 Å². The van der Waals surface area contributed by atoms with Crippen molar-refractivity contribution < 1.29 is 19.0 Å². The van der Waals surface area contributed by atoms with Gasteiger partial charge in [0.2, 0.25) is 0 Å². The van der Waals surface area contributed by atoms with Crippen LogP contribution < -0.4 is 19.5 Å². The van der Waals surface area contributed by atoms with Crippen molar-refractivity contribution in [2.45, 2.75) is 32.3 Å². The molecule has 5 heteroatoms. The Balaban J connectivity index is 1.83. The summed E-state index contributed by atoms with van der Waals surface area (Å²) in [6, 6.07) is 15.3. The van der Waals surface area contributed by atoms with Gasteiger partial charge in [0, 0.05) is 6.54 Å². The molecule has 0 saturated heterocycles. The third-order valence-corrected chi connectivity index (χ3v) is 4.12. The fourth-order valence-corrected chi connectivity index (χ4v) is 2.71. The van der Waals surface area contributed by atoms with Gasteiger partial charge in [0.1, 0.15) is 5.75 Å². The van der Waals surface area contributed by atoms with Gasteiger partial charge in [0.15, 0.2) is 17.6 Å². The van der Waals surface area contributed by atoms with Crippen molar-refractivity contribution in [1.29, 1.82) is 0 Å². The quantitative estimate of drug-likeness (QED) is 0.660. The monoisotopic (exact) mass is 357 g/mol. The number of amides is 1. The lowest BCUT2D eigenvalue weighted by Crippen LogP contribution is -2.38. The average molecular weight is 357 g/mol. The number of hydrogen-bond acceptors (Lipinski definition) is 4. The molecule has 2 rings (SSSR count). The molecule has 2 aromatic rings. The van der Waals surface area contributed by atoms with Crippen LogP contribution in [0.25, 0.3) is 0 Å². The second kappa shape index (κ2) is 10.3. The molecule has 0 aromatic heterocycles. The minimum Gasteiger partial charge on any atom is -0.496 e. The summed E-state index contributed by atoms with van der Waals surface area (Å²) in [5, 5.41) is 2.95. The molecule has 26 heavy (non-hydrogen) atoms. The van der Waals surface area contributed by atoms with Gasteiger partial charge < -0.3 is 19.5 Å². The predicted molar refractivity (Wildman–Crippen MR) is 102 cm³/mol. The molecule has 0 aliphatic rings. The van der Waals surface area contributed by atoms with Crippen LogP contribution in [0.3, 0.4) is 0 Å².